The number of rotatable bonds is 4. The van der Waals surface area contributed by atoms with Gasteiger partial charge in [0.2, 0.25) is 5.91 Å². The van der Waals surface area contributed by atoms with E-state index in [2.05, 4.69) is 15.6 Å². The molecule has 4 aromatic rings. The van der Waals surface area contributed by atoms with Crippen LogP contribution in [0.5, 0.6) is 0 Å². The molecule has 2 aromatic heterocycles. The third-order valence-electron chi connectivity index (χ3n) is 5.05. The average Bonchev–Trinajstić information content (AvgIpc) is 3.17. The van der Waals surface area contributed by atoms with Gasteiger partial charge in [-0.05, 0) is 49.6 Å². The highest BCUT2D eigenvalue weighted by molar-refractivity contribution is 7.21. The summed E-state index contributed by atoms with van der Waals surface area (Å²) in [6, 6.07) is 16.5. The molecular formula is C22H20N4O2S. The summed E-state index contributed by atoms with van der Waals surface area (Å²) in [6.07, 6.45) is 0. The molecule has 2 aromatic carbocycles. The number of hydrogen-bond acceptors (Lipinski definition) is 5. The van der Waals surface area contributed by atoms with Gasteiger partial charge in [0.05, 0.1) is 5.39 Å². The zero-order valence-electron chi connectivity index (χ0n) is 16.3. The number of hydrogen-bond donors (Lipinski definition) is 1. The number of carbonyl (C=O) groups excluding carboxylic acids is 1. The number of nitrogens with zero attached hydrogens (tertiary/aromatic N) is 3. The van der Waals surface area contributed by atoms with E-state index in [-0.39, 0.29) is 11.5 Å². The van der Waals surface area contributed by atoms with Crippen LogP contribution in [0.3, 0.4) is 0 Å². The van der Waals surface area contributed by atoms with Crippen molar-refractivity contribution in [2.45, 2.75) is 26.8 Å². The molecular weight excluding hydrogens is 384 g/mol. The summed E-state index contributed by atoms with van der Waals surface area (Å²) in [4.78, 5) is 27.2. The molecule has 146 valence electrons. The van der Waals surface area contributed by atoms with Crippen LogP contribution in [0.4, 0.5) is 5.69 Å². The molecule has 29 heavy (non-hydrogen) atoms. The topological polar surface area (TPSA) is 76.9 Å². The first-order valence-corrected chi connectivity index (χ1v) is 10.1. The Morgan fingerprint density at radius 1 is 1.10 bits per heavy atom. The quantitative estimate of drug-likeness (QED) is 0.549. The Bertz CT molecular complexity index is 1260. The highest BCUT2D eigenvalue weighted by Gasteiger charge is 2.21. The van der Waals surface area contributed by atoms with Gasteiger partial charge in [-0.2, -0.15) is 4.68 Å². The first-order chi connectivity index (χ1) is 14.0. The van der Waals surface area contributed by atoms with E-state index in [1.165, 1.54) is 11.3 Å². The number of fused-ring (bicyclic) bond motifs is 1. The normalized spacial score (nSPS) is 12.1. The second-order valence-corrected chi connectivity index (χ2v) is 7.98. The van der Waals surface area contributed by atoms with Crippen LogP contribution in [0.25, 0.3) is 20.7 Å². The minimum atomic E-state index is -0.792. The Hall–Kier alpha value is -3.32. The van der Waals surface area contributed by atoms with Gasteiger partial charge in [-0.1, -0.05) is 47.7 Å². The van der Waals surface area contributed by atoms with Crippen LogP contribution in [-0.2, 0) is 4.79 Å². The molecule has 0 aliphatic heterocycles. The van der Waals surface area contributed by atoms with Crippen molar-refractivity contribution < 1.29 is 4.79 Å². The predicted molar refractivity (Wildman–Crippen MR) is 116 cm³/mol. The molecule has 1 atom stereocenters. The zero-order chi connectivity index (χ0) is 20.5. The number of amides is 1. The summed E-state index contributed by atoms with van der Waals surface area (Å²) in [7, 11) is 0. The van der Waals surface area contributed by atoms with Crippen molar-refractivity contribution in [3.63, 3.8) is 0 Å². The van der Waals surface area contributed by atoms with Crippen molar-refractivity contribution in [3.8, 4) is 10.4 Å². The van der Waals surface area contributed by atoms with Gasteiger partial charge in [0.1, 0.15) is 6.04 Å². The molecule has 1 amide bonds. The lowest BCUT2D eigenvalue weighted by atomic mass is 10.1. The van der Waals surface area contributed by atoms with Crippen LogP contribution in [0.2, 0.25) is 0 Å². The smallest absolute Gasteiger partial charge is 0.279 e. The first-order valence-electron chi connectivity index (χ1n) is 9.27. The molecule has 0 bridgehead atoms. The van der Waals surface area contributed by atoms with Crippen LogP contribution < -0.4 is 10.9 Å². The first kappa shape index (κ1) is 19.0. The van der Waals surface area contributed by atoms with Crippen LogP contribution in [-0.4, -0.2) is 20.9 Å². The van der Waals surface area contributed by atoms with Gasteiger partial charge in [0.25, 0.3) is 5.56 Å². The van der Waals surface area contributed by atoms with Crippen molar-refractivity contribution in [1.29, 1.82) is 0 Å². The van der Waals surface area contributed by atoms with E-state index >= 15 is 0 Å². The lowest BCUT2D eigenvalue weighted by Crippen LogP contribution is -2.34. The Kier molecular flexibility index (Phi) is 4.98. The fourth-order valence-corrected chi connectivity index (χ4v) is 4.07. The second kappa shape index (κ2) is 7.60. The SMILES string of the molecule is Cc1cccc(NC(=O)[C@@H](C)n2nnc3sc(-c4ccccc4)cc3c2=O)c1C. The van der Waals surface area contributed by atoms with Crippen molar-refractivity contribution in [1.82, 2.24) is 15.0 Å². The highest BCUT2D eigenvalue weighted by atomic mass is 32.1. The molecule has 0 spiro atoms. The molecule has 0 aliphatic rings. The van der Waals surface area contributed by atoms with Crippen LogP contribution in [0.1, 0.15) is 24.1 Å². The molecule has 7 heteroatoms. The maximum Gasteiger partial charge on any atom is 0.279 e. The lowest BCUT2D eigenvalue weighted by molar-refractivity contribution is -0.119. The van der Waals surface area contributed by atoms with Crippen molar-refractivity contribution in [2.75, 3.05) is 5.32 Å². The number of benzene rings is 2. The van der Waals surface area contributed by atoms with Gasteiger partial charge in [-0.25, -0.2) is 0 Å². The minimum Gasteiger partial charge on any atom is -0.324 e. The Labute approximate surface area is 171 Å². The minimum absolute atomic E-state index is 0.312. The van der Waals surface area contributed by atoms with E-state index in [4.69, 9.17) is 0 Å². The lowest BCUT2D eigenvalue weighted by Gasteiger charge is -2.15. The van der Waals surface area contributed by atoms with Gasteiger partial charge in [0, 0.05) is 10.6 Å². The third-order valence-corrected chi connectivity index (χ3v) is 6.12. The van der Waals surface area contributed by atoms with E-state index in [1.54, 1.807) is 6.92 Å². The van der Waals surface area contributed by atoms with Crippen LogP contribution in [0.15, 0.2) is 59.4 Å². The zero-order valence-corrected chi connectivity index (χ0v) is 17.2. The fraction of sp³-hybridized carbons (Fsp3) is 0.182. The van der Waals surface area contributed by atoms with E-state index in [9.17, 15) is 9.59 Å². The second-order valence-electron chi connectivity index (χ2n) is 6.95. The van der Waals surface area contributed by atoms with Crippen molar-refractivity contribution >= 4 is 33.1 Å². The molecule has 2 heterocycles. The Morgan fingerprint density at radius 2 is 1.86 bits per heavy atom. The molecule has 1 N–H and O–H groups in total. The molecule has 0 unspecified atom stereocenters. The maximum absolute atomic E-state index is 13.0. The number of carbonyl (C=O) groups is 1. The third kappa shape index (κ3) is 3.56. The Morgan fingerprint density at radius 3 is 2.62 bits per heavy atom. The Balaban J connectivity index is 1.66. The van der Waals surface area contributed by atoms with Crippen LogP contribution in [0, 0.1) is 13.8 Å². The summed E-state index contributed by atoms with van der Waals surface area (Å²) in [6.45, 7) is 5.58. The summed E-state index contributed by atoms with van der Waals surface area (Å²) in [5.41, 5.74) is 3.50. The largest absolute Gasteiger partial charge is 0.324 e. The van der Waals surface area contributed by atoms with Gasteiger partial charge in [0.15, 0.2) is 4.83 Å². The van der Waals surface area contributed by atoms with Gasteiger partial charge < -0.3 is 5.32 Å². The van der Waals surface area contributed by atoms with E-state index < -0.39 is 6.04 Å². The number of thiophene rings is 1. The molecule has 0 radical (unpaired) electrons. The summed E-state index contributed by atoms with van der Waals surface area (Å²) >= 11 is 1.41. The summed E-state index contributed by atoms with van der Waals surface area (Å²) in [5.74, 6) is -0.312. The number of aryl methyl sites for hydroxylation is 1. The molecule has 0 fully saturated rings. The predicted octanol–water partition coefficient (Wildman–Crippen LogP) is 4.34. The summed E-state index contributed by atoms with van der Waals surface area (Å²) < 4.78 is 1.14. The highest BCUT2D eigenvalue weighted by Crippen LogP contribution is 2.30. The van der Waals surface area contributed by atoms with E-state index in [0.29, 0.717) is 10.2 Å². The van der Waals surface area contributed by atoms with E-state index in [1.807, 2.05) is 68.4 Å². The van der Waals surface area contributed by atoms with Gasteiger partial charge in [-0.15, -0.1) is 16.4 Å². The average molecular weight is 404 g/mol. The molecule has 0 saturated carbocycles. The maximum atomic E-state index is 13.0. The standard InChI is InChI=1S/C22H20N4O2S/c1-13-8-7-11-18(14(13)2)23-20(27)15(3)26-22(28)17-12-19(29-21(17)24-25-26)16-9-5-4-6-10-16/h4-12,15H,1-3H3,(H,23,27)/t15-/m1/s1. The number of nitrogens with one attached hydrogen (secondary N) is 1. The van der Waals surface area contributed by atoms with Crippen LogP contribution >= 0.6 is 11.3 Å². The van der Waals surface area contributed by atoms with E-state index in [0.717, 1.165) is 31.9 Å². The number of anilines is 1. The molecule has 0 saturated heterocycles. The molecule has 6 nitrogen and oxygen atoms in total. The van der Waals surface area contributed by atoms with Gasteiger partial charge >= 0.3 is 0 Å². The van der Waals surface area contributed by atoms with Crippen molar-refractivity contribution in [2.24, 2.45) is 0 Å². The fourth-order valence-electron chi connectivity index (χ4n) is 3.09. The van der Waals surface area contributed by atoms with Crippen molar-refractivity contribution in [3.05, 3.63) is 76.1 Å². The molecule has 4 rings (SSSR count). The summed E-state index contributed by atoms with van der Waals surface area (Å²) in [5, 5.41) is 11.6. The number of aromatic nitrogens is 3. The monoisotopic (exact) mass is 404 g/mol. The molecule has 0 aliphatic carbocycles. The van der Waals surface area contributed by atoms with Gasteiger partial charge in [-0.3, -0.25) is 9.59 Å².